The van der Waals surface area contributed by atoms with Crippen molar-refractivity contribution >= 4 is 18.3 Å². The van der Waals surface area contributed by atoms with Crippen LogP contribution in [0.3, 0.4) is 0 Å². The van der Waals surface area contributed by atoms with Gasteiger partial charge in [0, 0.05) is 20.1 Å². The molecule has 1 aliphatic carbocycles. The number of hydrogen-bond acceptors (Lipinski definition) is 2. The fraction of sp³-hybridized carbons (Fsp3) is 0.562. The van der Waals surface area contributed by atoms with E-state index >= 15 is 0 Å². The quantitative estimate of drug-likeness (QED) is 0.906. The summed E-state index contributed by atoms with van der Waals surface area (Å²) in [5, 5.41) is 3.05. The first-order valence-electron chi connectivity index (χ1n) is 7.26. The van der Waals surface area contributed by atoms with Crippen molar-refractivity contribution < 1.29 is 9.18 Å². The molecule has 1 fully saturated rings. The van der Waals surface area contributed by atoms with Gasteiger partial charge in [-0.15, -0.1) is 12.4 Å². The molecule has 0 radical (unpaired) electrons. The van der Waals surface area contributed by atoms with Gasteiger partial charge in [-0.05, 0) is 37.6 Å². The summed E-state index contributed by atoms with van der Waals surface area (Å²) < 4.78 is 13.5. The minimum absolute atomic E-state index is 0. The molecule has 0 heterocycles. The molecule has 2 rings (SSSR count). The van der Waals surface area contributed by atoms with E-state index in [4.69, 9.17) is 0 Å². The second-order valence-corrected chi connectivity index (χ2v) is 5.63. The van der Waals surface area contributed by atoms with E-state index < -0.39 is 5.41 Å². The number of halogens is 2. The Kier molecular flexibility index (Phi) is 6.62. The Hall–Kier alpha value is -1.13. The van der Waals surface area contributed by atoms with Gasteiger partial charge in [0.2, 0.25) is 5.91 Å². The summed E-state index contributed by atoms with van der Waals surface area (Å²) in [6, 6.07) is 6.54. The van der Waals surface area contributed by atoms with E-state index in [1.165, 1.54) is 12.1 Å². The summed E-state index contributed by atoms with van der Waals surface area (Å²) in [6.45, 7) is 1.44. The number of carbonyl (C=O) groups excluding carboxylic acids is 1. The summed E-state index contributed by atoms with van der Waals surface area (Å²) in [4.78, 5) is 14.6. The van der Waals surface area contributed by atoms with Crippen molar-refractivity contribution in [1.82, 2.24) is 10.2 Å². The van der Waals surface area contributed by atoms with Crippen molar-refractivity contribution in [1.29, 1.82) is 0 Å². The third-order valence-electron chi connectivity index (χ3n) is 4.29. The molecule has 0 atom stereocenters. The molecule has 0 saturated heterocycles. The topological polar surface area (TPSA) is 32.3 Å². The number of hydrogen-bond donors (Lipinski definition) is 1. The molecule has 1 saturated carbocycles. The lowest BCUT2D eigenvalue weighted by Gasteiger charge is -2.33. The standard InChI is InChI=1S/C16H23FN2O.ClH/c1-18-10-11-19(2)15(20)16(8-3-4-9-16)13-6-5-7-14(17)12-13;/h5-7,12,18H,3-4,8-11H2,1-2H3;1H. The van der Waals surface area contributed by atoms with Crippen molar-refractivity contribution in [2.45, 2.75) is 31.1 Å². The van der Waals surface area contributed by atoms with Gasteiger partial charge in [0.15, 0.2) is 0 Å². The van der Waals surface area contributed by atoms with E-state index in [-0.39, 0.29) is 24.1 Å². The molecule has 1 aromatic carbocycles. The summed E-state index contributed by atoms with van der Waals surface area (Å²) in [5.74, 6) is -0.143. The normalized spacial score (nSPS) is 16.3. The van der Waals surface area contributed by atoms with Gasteiger partial charge in [-0.3, -0.25) is 4.79 Å². The number of nitrogens with one attached hydrogen (secondary N) is 1. The van der Waals surface area contributed by atoms with Gasteiger partial charge < -0.3 is 10.2 Å². The molecule has 3 nitrogen and oxygen atoms in total. The van der Waals surface area contributed by atoms with Crippen LogP contribution in [0.1, 0.15) is 31.2 Å². The van der Waals surface area contributed by atoms with Crippen LogP contribution in [0, 0.1) is 5.82 Å². The summed E-state index contributed by atoms with van der Waals surface area (Å²) in [5.41, 5.74) is 0.307. The molecule has 1 N–H and O–H groups in total. The zero-order valence-corrected chi connectivity index (χ0v) is 13.5. The van der Waals surface area contributed by atoms with E-state index in [1.54, 1.807) is 11.0 Å². The predicted octanol–water partition coefficient (Wildman–Crippen LogP) is 2.74. The van der Waals surface area contributed by atoms with Crippen LogP contribution in [-0.4, -0.2) is 38.0 Å². The Morgan fingerprint density at radius 1 is 1.38 bits per heavy atom. The lowest BCUT2D eigenvalue weighted by Crippen LogP contribution is -2.45. The minimum Gasteiger partial charge on any atom is -0.344 e. The molecule has 1 aromatic rings. The van der Waals surface area contributed by atoms with Crippen LogP contribution in [0.15, 0.2) is 24.3 Å². The van der Waals surface area contributed by atoms with E-state index in [0.717, 1.165) is 37.8 Å². The Morgan fingerprint density at radius 2 is 2.05 bits per heavy atom. The van der Waals surface area contributed by atoms with Crippen LogP contribution in [0.2, 0.25) is 0 Å². The first kappa shape index (κ1) is 17.9. The largest absolute Gasteiger partial charge is 0.344 e. The Labute approximate surface area is 132 Å². The predicted molar refractivity (Wildman–Crippen MR) is 85.4 cm³/mol. The molecule has 1 amide bonds. The summed E-state index contributed by atoms with van der Waals surface area (Å²) in [6.07, 6.45) is 3.70. The van der Waals surface area contributed by atoms with Crippen LogP contribution in [0.25, 0.3) is 0 Å². The highest BCUT2D eigenvalue weighted by atomic mass is 35.5. The average Bonchev–Trinajstić information content (AvgIpc) is 2.94. The molecule has 0 aromatic heterocycles. The maximum Gasteiger partial charge on any atom is 0.233 e. The zero-order chi connectivity index (χ0) is 14.6. The van der Waals surface area contributed by atoms with Crippen LogP contribution in [-0.2, 0) is 10.2 Å². The Bertz CT molecular complexity index is 475. The number of amides is 1. The highest BCUT2D eigenvalue weighted by Crippen LogP contribution is 2.42. The van der Waals surface area contributed by atoms with Gasteiger partial charge in [0.05, 0.1) is 5.41 Å². The fourth-order valence-electron chi connectivity index (χ4n) is 3.14. The van der Waals surface area contributed by atoms with Gasteiger partial charge in [-0.25, -0.2) is 4.39 Å². The van der Waals surface area contributed by atoms with Crippen molar-refractivity contribution in [2.75, 3.05) is 27.2 Å². The van der Waals surface area contributed by atoms with Crippen molar-refractivity contribution in [3.05, 3.63) is 35.6 Å². The Balaban J connectivity index is 0.00000220. The molecule has 118 valence electrons. The monoisotopic (exact) mass is 314 g/mol. The van der Waals surface area contributed by atoms with Crippen LogP contribution in [0.4, 0.5) is 4.39 Å². The lowest BCUT2D eigenvalue weighted by atomic mass is 9.77. The second-order valence-electron chi connectivity index (χ2n) is 5.63. The van der Waals surface area contributed by atoms with Crippen molar-refractivity contribution in [2.24, 2.45) is 0 Å². The van der Waals surface area contributed by atoms with E-state index in [0.29, 0.717) is 6.54 Å². The lowest BCUT2D eigenvalue weighted by molar-refractivity contribution is -0.136. The van der Waals surface area contributed by atoms with Crippen molar-refractivity contribution in [3.63, 3.8) is 0 Å². The van der Waals surface area contributed by atoms with E-state index in [2.05, 4.69) is 5.32 Å². The van der Waals surface area contributed by atoms with Crippen LogP contribution in [0.5, 0.6) is 0 Å². The maximum atomic E-state index is 13.5. The molecule has 21 heavy (non-hydrogen) atoms. The molecule has 0 unspecified atom stereocenters. The van der Waals surface area contributed by atoms with Crippen LogP contribution < -0.4 is 5.32 Å². The smallest absolute Gasteiger partial charge is 0.233 e. The van der Waals surface area contributed by atoms with Crippen LogP contribution >= 0.6 is 12.4 Å². The summed E-state index contributed by atoms with van der Waals surface area (Å²) >= 11 is 0. The molecular weight excluding hydrogens is 291 g/mol. The third-order valence-corrected chi connectivity index (χ3v) is 4.29. The third kappa shape index (κ3) is 3.74. The highest BCUT2D eigenvalue weighted by molar-refractivity contribution is 5.88. The maximum absolute atomic E-state index is 13.5. The fourth-order valence-corrected chi connectivity index (χ4v) is 3.14. The van der Waals surface area contributed by atoms with Crippen molar-refractivity contribution in [3.8, 4) is 0 Å². The van der Waals surface area contributed by atoms with Gasteiger partial charge in [-0.1, -0.05) is 25.0 Å². The number of rotatable bonds is 5. The first-order valence-corrected chi connectivity index (χ1v) is 7.26. The molecule has 0 aliphatic heterocycles. The van der Waals surface area contributed by atoms with Gasteiger partial charge >= 0.3 is 0 Å². The van der Waals surface area contributed by atoms with Gasteiger partial charge in [0.1, 0.15) is 5.82 Å². The highest BCUT2D eigenvalue weighted by Gasteiger charge is 2.44. The number of nitrogens with zero attached hydrogens (tertiary/aromatic N) is 1. The summed E-state index contributed by atoms with van der Waals surface area (Å²) in [7, 11) is 3.70. The number of carbonyl (C=O) groups is 1. The van der Waals surface area contributed by atoms with Gasteiger partial charge in [0.25, 0.3) is 0 Å². The second kappa shape index (κ2) is 7.76. The molecule has 0 spiro atoms. The van der Waals surface area contributed by atoms with E-state index in [9.17, 15) is 9.18 Å². The number of likely N-dealkylation sites (N-methyl/N-ethyl adjacent to an activating group) is 2. The zero-order valence-electron chi connectivity index (χ0n) is 12.7. The van der Waals surface area contributed by atoms with E-state index in [1.807, 2.05) is 20.2 Å². The molecule has 5 heteroatoms. The number of benzene rings is 1. The first-order chi connectivity index (χ1) is 9.60. The SMILES string of the molecule is CNCCN(C)C(=O)C1(c2cccc(F)c2)CCCC1.Cl. The molecule has 0 bridgehead atoms. The van der Waals surface area contributed by atoms with Gasteiger partial charge in [-0.2, -0.15) is 0 Å². The Morgan fingerprint density at radius 3 is 2.62 bits per heavy atom. The molecule has 1 aliphatic rings. The molecular formula is C16H24ClFN2O. The average molecular weight is 315 g/mol. The minimum atomic E-state index is -0.523.